The Labute approximate surface area is 102 Å². The molecule has 18 heavy (non-hydrogen) atoms. The van der Waals surface area contributed by atoms with E-state index >= 15 is 0 Å². The number of carboxylic acid groups (broad SMARTS) is 2. The highest BCUT2D eigenvalue weighted by Gasteiger charge is 2.39. The Bertz CT molecular complexity index is 290. The van der Waals surface area contributed by atoms with Crippen molar-refractivity contribution in [1.82, 2.24) is 0 Å². The second-order valence-electron chi connectivity index (χ2n) is 4.10. The normalized spacial score (nSPS) is 28.4. The number of epoxide rings is 2. The van der Waals surface area contributed by atoms with Crippen molar-refractivity contribution >= 4 is 11.9 Å². The molecule has 0 aromatic rings. The van der Waals surface area contributed by atoms with Crippen LogP contribution >= 0.6 is 0 Å². The third-order valence-electron chi connectivity index (χ3n) is 2.49. The van der Waals surface area contributed by atoms with Crippen LogP contribution in [-0.2, 0) is 28.5 Å². The van der Waals surface area contributed by atoms with Crippen LogP contribution < -0.4 is 0 Å². The van der Waals surface area contributed by atoms with Crippen LogP contribution in [0.1, 0.15) is 0 Å². The van der Waals surface area contributed by atoms with Crippen molar-refractivity contribution in [2.45, 2.75) is 24.4 Å². The van der Waals surface area contributed by atoms with E-state index in [1.807, 2.05) is 0 Å². The van der Waals surface area contributed by atoms with Crippen LogP contribution in [0.3, 0.4) is 0 Å². The van der Waals surface area contributed by atoms with Crippen molar-refractivity contribution in [3.63, 3.8) is 0 Å². The van der Waals surface area contributed by atoms with Gasteiger partial charge in [-0.2, -0.15) is 0 Å². The van der Waals surface area contributed by atoms with E-state index in [2.05, 4.69) is 0 Å². The van der Waals surface area contributed by atoms with Gasteiger partial charge in [-0.3, -0.25) is 0 Å². The van der Waals surface area contributed by atoms with E-state index in [0.717, 1.165) is 0 Å². The van der Waals surface area contributed by atoms with Gasteiger partial charge in [-0.05, 0) is 0 Å². The van der Waals surface area contributed by atoms with Crippen molar-refractivity contribution in [3.8, 4) is 0 Å². The molecule has 8 nitrogen and oxygen atoms in total. The van der Waals surface area contributed by atoms with E-state index in [-0.39, 0.29) is 25.4 Å². The lowest BCUT2D eigenvalue weighted by Crippen LogP contribution is -2.44. The van der Waals surface area contributed by atoms with E-state index in [1.54, 1.807) is 0 Å². The quantitative estimate of drug-likeness (QED) is 0.493. The summed E-state index contributed by atoms with van der Waals surface area (Å²) >= 11 is 0. The number of carboxylic acids is 2. The summed E-state index contributed by atoms with van der Waals surface area (Å²) in [7, 11) is 0. The molecular weight excluding hydrogens is 248 g/mol. The maximum Gasteiger partial charge on any atom is 0.336 e. The molecule has 4 atom stereocenters. The lowest BCUT2D eigenvalue weighted by atomic mass is 10.2. The van der Waals surface area contributed by atoms with Gasteiger partial charge >= 0.3 is 11.9 Å². The first-order valence-electron chi connectivity index (χ1n) is 5.50. The van der Waals surface area contributed by atoms with Crippen LogP contribution in [0.4, 0.5) is 0 Å². The Balaban J connectivity index is 1.88. The fourth-order valence-corrected chi connectivity index (χ4v) is 1.33. The Hall–Kier alpha value is -1.22. The van der Waals surface area contributed by atoms with Gasteiger partial charge in [0.05, 0.1) is 26.4 Å². The zero-order valence-corrected chi connectivity index (χ0v) is 9.48. The molecule has 2 fully saturated rings. The van der Waals surface area contributed by atoms with Crippen LogP contribution in [0.2, 0.25) is 0 Å². The van der Waals surface area contributed by atoms with Gasteiger partial charge in [0.1, 0.15) is 12.2 Å². The van der Waals surface area contributed by atoms with E-state index in [0.29, 0.717) is 13.2 Å². The molecule has 0 aromatic carbocycles. The second-order valence-corrected chi connectivity index (χ2v) is 4.10. The van der Waals surface area contributed by atoms with Gasteiger partial charge < -0.3 is 29.2 Å². The first-order chi connectivity index (χ1) is 8.58. The molecule has 0 bridgehead atoms. The fraction of sp³-hybridized carbons (Fsp3) is 0.800. The van der Waals surface area contributed by atoms with Gasteiger partial charge in [0.25, 0.3) is 0 Å². The molecule has 4 unspecified atom stereocenters. The molecule has 2 N–H and O–H groups in total. The van der Waals surface area contributed by atoms with Crippen LogP contribution in [-0.4, -0.2) is 73.0 Å². The molecule has 0 spiro atoms. The molecule has 2 heterocycles. The molecule has 0 aliphatic carbocycles. The lowest BCUT2D eigenvalue weighted by Gasteiger charge is -2.20. The minimum Gasteiger partial charge on any atom is -0.479 e. The number of hydrogen-bond donors (Lipinski definition) is 2. The molecule has 0 amide bonds. The molecule has 102 valence electrons. The molecular formula is C10H14O8. The molecule has 2 aliphatic heterocycles. The summed E-state index contributed by atoms with van der Waals surface area (Å²) in [5.41, 5.74) is 0. The van der Waals surface area contributed by atoms with Crippen LogP contribution in [0.5, 0.6) is 0 Å². The van der Waals surface area contributed by atoms with Crippen LogP contribution in [0.15, 0.2) is 0 Å². The predicted molar refractivity (Wildman–Crippen MR) is 54.2 cm³/mol. The number of aliphatic carboxylic acids is 2. The summed E-state index contributed by atoms with van der Waals surface area (Å²) in [6.07, 6.45) is -3.39. The standard InChI is InChI=1S/C10H14O8/c11-9(12)7(17-3-5-1-15-5)8(10(13)14)18-4-6-2-16-6/h5-8H,1-4H2,(H,11,12)(H,13,14). The lowest BCUT2D eigenvalue weighted by molar-refractivity contribution is -0.177. The molecule has 8 heteroatoms. The van der Waals surface area contributed by atoms with Crippen molar-refractivity contribution < 1.29 is 38.7 Å². The monoisotopic (exact) mass is 262 g/mol. The van der Waals surface area contributed by atoms with Gasteiger partial charge in [-0.25, -0.2) is 9.59 Å². The highest BCUT2D eigenvalue weighted by molar-refractivity contribution is 5.83. The van der Waals surface area contributed by atoms with Crippen LogP contribution in [0, 0.1) is 0 Å². The summed E-state index contributed by atoms with van der Waals surface area (Å²) in [5.74, 6) is -2.75. The molecule has 0 aromatic heterocycles. The average molecular weight is 262 g/mol. The number of carbonyl (C=O) groups is 2. The Morgan fingerprint density at radius 1 is 1.00 bits per heavy atom. The molecule has 2 saturated heterocycles. The van der Waals surface area contributed by atoms with Gasteiger partial charge in [0.15, 0.2) is 12.2 Å². The maximum atomic E-state index is 11.0. The second kappa shape index (κ2) is 5.61. The van der Waals surface area contributed by atoms with E-state index in [1.165, 1.54) is 0 Å². The van der Waals surface area contributed by atoms with E-state index < -0.39 is 24.1 Å². The highest BCUT2D eigenvalue weighted by atomic mass is 16.6. The topological polar surface area (TPSA) is 118 Å². The third kappa shape index (κ3) is 3.91. The predicted octanol–water partition coefficient (Wildman–Crippen LogP) is -1.28. The fourth-order valence-electron chi connectivity index (χ4n) is 1.33. The number of hydrogen-bond acceptors (Lipinski definition) is 6. The molecule has 2 rings (SSSR count). The van der Waals surface area contributed by atoms with Crippen molar-refractivity contribution in [1.29, 1.82) is 0 Å². The zero-order chi connectivity index (χ0) is 13.1. The van der Waals surface area contributed by atoms with Gasteiger partial charge in [-0.15, -0.1) is 0 Å². The van der Waals surface area contributed by atoms with Crippen molar-refractivity contribution in [3.05, 3.63) is 0 Å². The molecule has 2 aliphatic rings. The number of ether oxygens (including phenoxy) is 4. The van der Waals surface area contributed by atoms with E-state index in [4.69, 9.17) is 29.2 Å². The van der Waals surface area contributed by atoms with E-state index in [9.17, 15) is 9.59 Å². The molecule has 0 radical (unpaired) electrons. The first kappa shape index (κ1) is 13.2. The van der Waals surface area contributed by atoms with Gasteiger partial charge in [-0.1, -0.05) is 0 Å². The minimum atomic E-state index is -1.55. The summed E-state index contributed by atoms with van der Waals surface area (Å²) < 4.78 is 19.8. The van der Waals surface area contributed by atoms with Crippen LogP contribution in [0.25, 0.3) is 0 Å². The number of rotatable bonds is 9. The maximum absolute atomic E-state index is 11.0. The van der Waals surface area contributed by atoms with Crippen molar-refractivity contribution in [2.75, 3.05) is 26.4 Å². The smallest absolute Gasteiger partial charge is 0.336 e. The zero-order valence-electron chi connectivity index (χ0n) is 9.48. The SMILES string of the molecule is O=C(O)C(OCC1CO1)C(OCC1CO1)C(=O)O. The summed E-state index contributed by atoms with van der Waals surface area (Å²) in [6.45, 7) is 1.09. The van der Waals surface area contributed by atoms with Gasteiger partial charge in [0, 0.05) is 0 Å². The summed E-state index contributed by atoms with van der Waals surface area (Å²) in [4.78, 5) is 22.0. The Morgan fingerprint density at radius 3 is 1.56 bits per heavy atom. The average Bonchev–Trinajstić information content (AvgIpc) is 3.12. The third-order valence-corrected chi connectivity index (χ3v) is 2.49. The largest absolute Gasteiger partial charge is 0.479 e. The molecule has 0 saturated carbocycles. The summed E-state index contributed by atoms with van der Waals surface area (Å²) in [5, 5.41) is 17.9. The minimum absolute atomic E-state index is 0.0457. The summed E-state index contributed by atoms with van der Waals surface area (Å²) in [6, 6.07) is 0. The Kier molecular flexibility index (Phi) is 4.12. The van der Waals surface area contributed by atoms with Crippen molar-refractivity contribution in [2.24, 2.45) is 0 Å². The van der Waals surface area contributed by atoms with Gasteiger partial charge in [0.2, 0.25) is 0 Å². The first-order valence-corrected chi connectivity index (χ1v) is 5.50. The Morgan fingerprint density at radius 2 is 1.33 bits per heavy atom. The highest BCUT2D eigenvalue weighted by Crippen LogP contribution is 2.15.